The lowest BCUT2D eigenvalue weighted by atomic mass is 10.00. The zero-order chi connectivity index (χ0) is 14.8. The van der Waals surface area contributed by atoms with Crippen LogP contribution in [0.5, 0.6) is 11.6 Å². The molecular weight excluding hydrogens is 268 g/mol. The first-order valence-corrected chi connectivity index (χ1v) is 7.16. The number of aromatic nitrogens is 2. The third-order valence-corrected chi connectivity index (χ3v) is 4.06. The molecule has 5 nitrogen and oxygen atoms in total. The molecule has 110 valence electrons. The summed E-state index contributed by atoms with van der Waals surface area (Å²) in [5.74, 6) is 1.09. The lowest BCUT2D eigenvalue weighted by molar-refractivity contribution is 0.415. The van der Waals surface area contributed by atoms with E-state index in [4.69, 9.17) is 4.74 Å². The summed E-state index contributed by atoms with van der Waals surface area (Å²) in [7, 11) is 1.59. The second-order valence-electron chi connectivity index (χ2n) is 5.36. The van der Waals surface area contributed by atoms with Crippen molar-refractivity contribution in [1.82, 2.24) is 9.97 Å². The molecule has 1 saturated carbocycles. The van der Waals surface area contributed by atoms with Crippen molar-refractivity contribution in [2.45, 2.75) is 31.6 Å². The summed E-state index contributed by atoms with van der Waals surface area (Å²) in [4.78, 5) is 19.2. The minimum atomic E-state index is -0.236. The highest BCUT2D eigenvalue weighted by Crippen LogP contribution is 2.35. The highest BCUT2D eigenvalue weighted by Gasteiger charge is 2.24. The Labute approximate surface area is 122 Å². The van der Waals surface area contributed by atoms with Crippen molar-refractivity contribution in [2.24, 2.45) is 0 Å². The molecule has 0 atom stereocenters. The van der Waals surface area contributed by atoms with Gasteiger partial charge in [0.2, 0.25) is 5.88 Å². The van der Waals surface area contributed by atoms with E-state index in [9.17, 15) is 9.90 Å². The van der Waals surface area contributed by atoms with Crippen molar-refractivity contribution in [2.75, 3.05) is 7.11 Å². The van der Waals surface area contributed by atoms with E-state index < -0.39 is 0 Å². The van der Waals surface area contributed by atoms with E-state index in [-0.39, 0.29) is 17.4 Å². The molecule has 2 N–H and O–H groups in total. The summed E-state index contributed by atoms with van der Waals surface area (Å²) < 4.78 is 5.10. The Morgan fingerprint density at radius 1 is 1.24 bits per heavy atom. The first kappa shape index (κ1) is 13.7. The Morgan fingerprint density at radius 2 is 1.90 bits per heavy atom. The summed E-state index contributed by atoms with van der Waals surface area (Å²) in [6.07, 6.45) is 4.09. The molecule has 1 aromatic heterocycles. The topological polar surface area (TPSA) is 75.2 Å². The van der Waals surface area contributed by atoms with E-state index >= 15 is 0 Å². The van der Waals surface area contributed by atoms with Crippen LogP contribution in [0, 0.1) is 0 Å². The van der Waals surface area contributed by atoms with E-state index in [0.29, 0.717) is 11.4 Å². The van der Waals surface area contributed by atoms with Gasteiger partial charge in [-0.1, -0.05) is 12.8 Å². The molecule has 0 radical (unpaired) electrons. The van der Waals surface area contributed by atoms with Crippen LogP contribution in [0.1, 0.15) is 37.2 Å². The molecule has 0 unspecified atom stereocenters. The molecule has 0 spiro atoms. The number of aromatic amines is 1. The zero-order valence-corrected chi connectivity index (χ0v) is 11.9. The lowest BCUT2D eigenvalue weighted by Crippen LogP contribution is -2.17. The van der Waals surface area contributed by atoms with Crippen molar-refractivity contribution in [1.29, 1.82) is 0 Å². The third-order valence-electron chi connectivity index (χ3n) is 4.06. The van der Waals surface area contributed by atoms with Crippen LogP contribution in [0.2, 0.25) is 0 Å². The number of benzene rings is 1. The van der Waals surface area contributed by atoms with Crippen LogP contribution >= 0.6 is 0 Å². The van der Waals surface area contributed by atoms with Gasteiger partial charge in [0, 0.05) is 5.56 Å². The highest BCUT2D eigenvalue weighted by atomic mass is 16.5. The van der Waals surface area contributed by atoms with Crippen LogP contribution in [-0.2, 0) is 0 Å². The molecule has 5 heteroatoms. The molecule has 1 aliphatic carbocycles. The maximum absolute atomic E-state index is 12.3. The molecule has 1 heterocycles. The number of nitrogens with one attached hydrogen (secondary N) is 1. The zero-order valence-electron chi connectivity index (χ0n) is 11.9. The van der Waals surface area contributed by atoms with Crippen LogP contribution in [-0.4, -0.2) is 22.2 Å². The highest BCUT2D eigenvalue weighted by molar-refractivity contribution is 5.57. The quantitative estimate of drug-likeness (QED) is 0.909. The van der Waals surface area contributed by atoms with E-state index in [1.165, 1.54) is 0 Å². The van der Waals surface area contributed by atoms with Gasteiger partial charge in [0.15, 0.2) is 0 Å². The number of hydrogen-bond donors (Lipinski definition) is 2. The summed E-state index contributed by atoms with van der Waals surface area (Å²) in [5, 5.41) is 10.1. The Morgan fingerprint density at radius 3 is 2.48 bits per heavy atom. The van der Waals surface area contributed by atoms with Gasteiger partial charge < -0.3 is 14.8 Å². The summed E-state index contributed by atoms with van der Waals surface area (Å²) in [6.45, 7) is 0. The van der Waals surface area contributed by atoms with Crippen LogP contribution < -0.4 is 10.3 Å². The first-order chi connectivity index (χ1) is 10.2. The summed E-state index contributed by atoms with van der Waals surface area (Å²) in [5.41, 5.74) is 0.936. The molecule has 21 heavy (non-hydrogen) atoms. The number of methoxy groups -OCH3 is 1. The summed E-state index contributed by atoms with van der Waals surface area (Å²) >= 11 is 0. The van der Waals surface area contributed by atoms with Gasteiger partial charge in [0.05, 0.1) is 12.7 Å². The normalized spacial score (nSPS) is 15.3. The average molecular weight is 286 g/mol. The number of nitrogens with zero attached hydrogens (tertiary/aromatic N) is 1. The Bertz CT molecular complexity index is 686. The molecule has 0 amide bonds. The van der Waals surface area contributed by atoms with Crippen LogP contribution in [0.25, 0.3) is 11.4 Å². The smallest absolute Gasteiger partial charge is 0.258 e. The number of hydrogen-bond acceptors (Lipinski definition) is 4. The number of H-pyrrole nitrogens is 1. The molecular formula is C16H18N2O3. The van der Waals surface area contributed by atoms with Gasteiger partial charge in [-0.15, -0.1) is 0 Å². The largest absolute Gasteiger partial charge is 0.497 e. The maximum atomic E-state index is 12.3. The molecule has 3 rings (SSSR count). The minimum absolute atomic E-state index is 0.131. The van der Waals surface area contributed by atoms with Crippen molar-refractivity contribution in [3.8, 4) is 23.0 Å². The van der Waals surface area contributed by atoms with Crippen LogP contribution in [0.15, 0.2) is 29.1 Å². The average Bonchev–Trinajstić information content (AvgIpc) is 3.00. The number of aromatic hydroxyl groups is 1. The Balaban J connectivity index is 1.99. The fourth-order valence-corrected chi connectivity index (χ4v) is 2.94. The van der Waals surface area contributed by atoms with Crippen molar-refractivity contribution < 1.29 is 9.84 Å². The second-order valence-corrected chi connectivity index (χ2v) is 5.36. The van der Waals surface area contributed by atoms with Crippen LogP contribution in [0.4, 0.5) is 0 Å². The molecule has 2 aromatic rings. The Kier molecular flexibility index (Phi) is 3.64. The molecule has 1 aliphatic rings. The van der Waals surface area contributed by atoms with Gasteiger partial charge in [0.25, 0.3) is 5.56 Å². The van der Waals surface area contributed by atoms with Gasteiger partial charge >= 0.3 is 0 Å². The van der Waals surface area contributed by atoms with Crippen molar-refractivity contribution in [3.63, 3.8) is 0 Å². The van der Waals surface area contributed by atoms with E-state index in [1.54, 1.807) is 31.4 Å². The van der Waals surface area contributed by atoms with Crippen LogP contribution in [0.3, 0.4) is 0 Å². The standard InChI is InChI=1S/C16H18N2O3/c1-21-12-8-6-11(7-9-12)14-17-15(19)13(16(20)18-14)10-4-2-3-5-10/h6-10H,2-5H2,1H3,(H2,17,18,19,20). The second kappa shape index (κ2) is 5.60. The molecule has 0 aliphatic heterocycles. The van der Waals surface area contributed by atoms with Gasteiger partial charge in [-0.05, 0) is 43.0 Å². The van der Waals surface area contributed by atoms with E-state index in [1.807, 2.05) is 0 Å². The van der Waals surface area contributed by atoms with E-state index in [2.05, 4.69) is 9.97 Å². The van der Waals surface area contributed by atoms with E-state index in [0.717, 1.165) is 37.0 Å². The molecule has 0 saturated heterocycles. The maximum Gasteiger partial charge on any atom is 0.258 e. The van der Waals surface area contributed by atoms with Gasteiger partial charge in [0.1, 0.15) is 11.6 Å². The summed E-state index contributed by atoms with van der Waals surface area (Å²) in [6, 6.07) is 7.17. The van der Waals surface area contributed by atoms with Crippen molar-refractivity contribution >= 4 is 0 Å². The molecule has 1 aromatic carbocycles. The fourth-order valence-electron chi connectivity index (χ4n) is 2.94. The van der Waals surface area contributed by atoms with Gasteiger partial charge in [-0.25, -0.2) is 0 Å². The van der Waals surface area contributed by atoms with Gasteiger partial charge in [-0.2, -0.15) is 4.98 Å². The van der Waals surface area contributed by atoms with Gasteiger partial charge in [-0.3, -0.25) is 4.79 Å². The fraction of sp³-hybridized carbons (Fsp3) is 0.375. The molecule has 0 bridgehead atoms. The lowest BCUT2D eigenvalue weighted by Gasteiger charge is -2.11. The van der Waals surface area contributed by atoms with Crippen molar-refractivity contribution in [3.05, 3.63) is 40.2 Å². The monoisotopic (exact) mass is 286 g/mol. The number of ether oxygens (including phenoxy) is 1. The Hall–Kier alpha value is -2.30. The first-order valence-electron chi connectivity index (χ1n) is 7.16. The molecule has 1 fully saturated rings. The predicted molar refractivity (Wildman–Crippen MR) is 79.7 cm³/mol. The SMILES string of the molecule is COc1ccc(-c2nc(O)c(C3CCCC3)c(=O)[nH]2)cc1. The third kappa shape index (κ3) is 2.63. The predicted octanol–water partition coefficient (Wildman–Crippen LogP) is 2.81. The number of rotatable bonds is 3. The minimum Gasteiger partial charge on any atom is -0.497 e.